The van der Waals surface area contributed by atoms with Crippen LogP contribution in [0, 0.1) is 0 Å². The maximum absolute atomic E-state index is 12.8. The van der Waals surface area contributed by atoms with Crippen molar-refractivity contribution < 1.29 is 28.6 Å². The normalized spacial score (nSPS) is 12.3. The highest BCUT2D eigenvalue weighted by atomic mass is 16.6. The van der Waals surface area contributed by atoms with E-state index in [0.717, 1.165) is 96.3 Å². The Morgan fingerprint density at radius 2 is 0.661 bits per heavy atom. The third kappa shape index (κ3) is 46.5. The molecule has 6 heteroatoms. The Morgan fingerprint density at radius 1 is 0.356 bits per heavy atom. The SMILES string of the molecule is CC/C=C\C/C=C\C/C=C\CCCCCCCC(=O)O[C@@H](COC(=O)CCCCCCCCCCCCC)COC(=O)CCCCCCCCCCCCCCCCC. The van der Waals surface area contributed by atoms with E-state index >= 15 is 0 Å². The molecule has 0 aliphatic carbocycles. The number of esters is 3. The van der Waals surface area contributed by atoms with Gasteiger partial charge in [-0.3, -0.25) is 14.4 Å². The average Bonchev–Trinajstić information content (AvgIpc) is 3.23. The van der Waals surface area contributed by atoms with Crippen LogP contribution in [-0.2, 0) is 28.6 Å². The first-order valence-corrected chi connectivity index (χ1v) is 25.5. The van der Waals surface area contributed by atoms with Crippen LogP contribution in [0.1, 0.15) is 265 Å². The molecule has 0 fully saturated rings. The van der Waals surface area contributed by atoms with Crippen LogP contribution in [0.15, 0.2) is 36.5 Å². The molecular formula is C53H96O6. The van der Waals surface area contributed by atoms with Gasteiger partial charge in [0, 0.05) is 19.3 Å². The van der Waals surface area contributed by atoms with Crippen molar-refractivity contribution in [3.05, 3.63) is 36.5 Å². The summed E-state index contributed by atoms with van der Waals surface area (Å²) in [4.78, 5) is 37.9. The van der Waals surface area contributed by atoms with Crippen LogP contribution in [0.25, 0.3) is 0 Å². The average molecular weight is 829 g/mol. The van der Waals surface area contributed by atoms with E-state index < -0.39 is 6.10 Å². The molecular weight excluding hydrogens is 733 g/mol. The predicted octanol–water partition coefficient (Wildman–Crippen LogP) is 16.5. The van der Waals surface area contributed by atoms with Crippen molar-refractivity contribution in [3.8, 4) is 0 Å². The van der Waals surface area contributed by atoms with E-state index in [1.54, 1.807) is 0 Å². The van der Waals surface area contributed by atoms with Gasteiger partial charge in [-0.05, 0) is 51.4 Å². The summed E-state index contributed by atoms with van der Waals surface area (Å²) in [5.41, 5.74) is 0. The highest BCUT2D eigenvalue weighted by Gasteiger charge is 2.19. The highest BCUT2D eigenvalue weighted by Crippen LogP contribution is 2.16. The van der Waals surface area contributed by atoms with Gasteiger partial charge >= 0.3 is 17.9 Å². The van der Waals surface area contributed by atoms with Crippen LogP contribution in [0.5, 0.6) is 0 Å². The van der Waals surface area contributed by atoms with Gasteiger partial charge in [0.25, 0.3) is 0 Å². The molecule has 344 valence electrons. The van der Waals surface area contributed by atoms with Gasteiger partial charge in [0.05, 0.1) is 0 Å². The van der Waals surface area contributed by atoms with Gasteiger partial charge in [0.15, 0.2) is 6.10 Å². The van der Waals surface area contributed by atoms with Crippen LogP contribution in [0.4, 0.5) is 0 Å². The first kappa shape index (κ1) is 56.6. The third-order valence-corrected chi connectivity index (χ3v) is 11.2. The maximum Gasteiger partial charge on any atom is 0.306 e. The Morgan fingerprint density at radius 3 is 1.03 bits per heavy atom. The lowest BCUT2D eigenvalue weighted by Gasteiger charge is -2.18. The smallest absolute Gasteiger partial charge is 0.306 e. The third-order valence-electron chi connectivity index (χ3n) is 11.2. The van der Waals surface area contributed by atoms with E-state index in [-0.39, 0.29) is 31.1 Å². The van der Waals surface area contributed by atoms with Crippen molar-refractivity contribution in [2.45, 2.75) is 271 Å². The molecule has 59 heavy (non-hydrogen) atoms. The Hall–Kier alpha value is -2.37. The molecule has 0 rings (SSSR count). The Balaban J connectivity index is 4.36. The van der Waals surface area contributed by atoms with Gasteiger partial charge in [0.2, 0.25) is 0 Å². The highest BCUT2D eigenvalue weighted by molar-refractivity contribution is 5.71. The Kier molecular flexibility index (Phi) is 46.4. The second kappa shape index (κ2) is 48.3. The minimum atomic E-state index is -0.775. The summed E-state index contributed by atoms with van der Waals surface area (Å²) in [5, 5.41) is 0. The van der Waals surface area contributed by atoms with Crippen molar-refractivity contribution in [3.63, 3.8) is 0 Å². The minimum absolute atomic E-state index is 0.0751. The molecule has 0 aromatic heterocycles. The van der Waals surface area contributed by atoms with E-state index in [0.29, 0.717) is 19.3 Å². The fourth-order valence-corrected chi connectivity index (χ4v) is 7.34. The van der Waals surface area contributed by atoms with Gasteiger partial charge in [-0.1, -0.05) is 231 Å². The molecule has 0 aromatic rings. The molecule has 0 radical (unpaired) electrons. The molecule has 0 aromatic carbocycles. The van der Waals surface area contributed by atoms with Gasteiger partial charge in [0.1, 0.15) is 13.2 Å². The molecule has 0 aliphatic heterocycles. The van der Waals surface area contributed by atoms with E-state index in [1.807, 2.05) is 0 Å². The van der Waals surface area contributed by atoms with E-state index in [9.17, 15) is 14.4 Å². The Labute approximate surface area is 365 Å². The van der Waals surface area contributed by atoms with Crippen molar-refractivity contribution in [2.24, 2.45) is 0 Å². The van der Waals surface area contributed by atoms with Gasteiger partial charge in [-0.25, -0.2) is 0 Å². The standard InChI is InChI=1S/C53H96O6/c1-4-7-10-13-16-19-22-24-26-28-31-34-37-40-43-46-52(55)58-49-50(48-57-51(54)45-42-39-36-33-30-21-18-15-12-9-6-3)59-53(56)47-44-41-38-35-32-29-27-25-23-20-17-14-11-8-5-2/h8,11,17,20,25,27,50H,4-7,9-10,12-16,18-19,21-24,26,28-49H2,1-3H3/b11-8-,20-17-,27-25-/t50-/m0/s1. The zero-order valence-corrected chi connectivity index (χ0v) is 39.3. The predicted molar refractivity (Wildman–Crippen MR) is 252 cm³/mol. The summed E-state index contributed by atoms with van der Waals surface area (Å²) in [6.45, 7) is 6.53. The van der Waals surface area contributed by atoms with E-state index in [1.165, 1.54) is 128 Å². The minimum Gasteiger partial charge on any atom is -0.462 e. The number of carbonyl (C=O) groups excluding carboxylic acids is 3. The van der Waals surface area contributed by atoms with Crippen LogP contribution < -0.4 is 0 Å². The number of hydrogen-bond donors (Lipinski definition) is 0. The second-order valence-corrected chi connectivity index (χ2v) is 17.1. The molecule has 6 nitrogen and oxygen atoms in total. The van der Waals surface area contributed by atoms with Crippen LogP contribution in [-0.4, -0.2) is 37.2 Å². The molecule has 0 heterocycles. The summed E-state index contributed by atoms with van der Waals surface area (Å²) < 4.78 is 16.8. The molecule has 0 spiro atoms. The maximum atomic E-state index is 12.8. The molecule has 0 amide bonds. The van der Waals surface area contributed by atoms with Crippen LogP contribution in [0.2, 0.25) is 0 Å². The van der Waals surface area contributed by atoms with Crippen LogP contribution >= 0.6 is 0 Å². The van der Waals surface area contributed by atoms with E-state index in [2.05, 4.69) is 57.2 Å². The number of hydrogen-bond acceptors (Lipinski definition) is 6. The van der Waals surface area contributed by atoms with Gasteiger partial charge in [-0.15, -0.1) is 0 Å². The van der Waals surface area contributed by atoms with Gasteiger partial charge in [-0.2, -0.15) is 0 Å². The monoisotopic (exact) mass is 829 g/mol. The quantitative estimate of drug-likeness (QED) is 0.0263. The molecule has 0 unspecified atom stereocenters. The summed E-state index contributed by atoms with van der Waals surface area (Å²) in [6.07, 6.45) is 55.5. The molecule has 0 saturated heterocycles. The largest absolute Gasteiger partial charge is 0.462 e. The molecule has 1 atom stereocenters. The molecule has 0 N–H and O–H groups in total. The molecule has 0 bridgehead atoms. The number of carbonyl (C=O) groups is 3. The Bertz CT molecular complexity index is 1000. The lowest BCUT2D eigenvalue weighted by Crippen LogP contribution is -2.30. The fraction of sp³-hybridized carbons (Fsp3) is 0.830. The zero-order chi connectivity index (χ0) is 43.0. The first-order valence-electron chi connectivity index (χ1n) is 25.5. The molecule has 0 saturated carbocycles. The van der Waals surface area contributed by atoms with Crippen molar-refractivity contribution in [2.75, 3.05) is 13.2 Å². The topological polar surface area (TPSA) is 78.9 Å². The molecule has 0 aliphatic rings. The van der Waals surface area contributed by atoms with E-state index in [4.69, 9.17) is 14.2 Å². The fourth-order valence-electron chi connectivity index (χ4n) is 7.34. The zero-order valence-electron chi connectivity index (χ0n) is 39.3. The van der Waals surface area contributed by atoms with Crippen LogP contribution in [0.3, 0.4) is 0 Å². The van der Waals surface area contributed by atoms with Crippen molar-refractivity contribution in [1.29, 1.82) is 0 Å². The van der Waals surface area contributed by atoms with Gasteiger partial charge < -0.3 is 14.2 Å². The number of ether oxygens (including phenoxy) is 3. The number of unbranched alkanes of at least 4 members (excludes halogenated alkanes) is 29. The summed E-state index contributed by atoms with van der Waals surface area (Å²) in [5.74, 6) is -0.882. The summed E-state index contributed by atoms with van der Waals surface area (Å²) in [7, 11) is 0. The second-order valence-electron chi connectivity index (χ2n) is 17.1. The first-order chi connectivity index (χ1) is 29.0. The van der Waals surface area contributed by atoms with Crippen molar-refractivity contribution >= 4 is 17.9 Å². The summed E-state index contributed by atoms with van der Waals surface area (Å²) >= 11 is 0. The summed E-state index contributed by atoms with van der Waals surface area (Å²) in [6, 6.07) is 0. The number of rotatable bonds is 46. The lowest BCUT2D eigenvalue weighted by atomic mass is 10.0. The van der Waals surface area contributed by atoms with Crippen molar-refractivity contribution in [1.82, 2.24) is 0 Å². The number of allylic oxidation sites excluding steroid dienone is 6. The lowest BCUT2D eigenvalue weighted by molar-refractivity contribution is -0.167.